The molecule has 1 aromatic heterocycles. The summed E-state index contributed by atoms with van der Waals surface area (Å²) >= 11 is 0. The van der Waals surface area contributed by atoms with Gasteiger partial charge in [0.05, 0.1) is 12.4 Å². The molecule has 0 saturated heterocycles. The third-order valence-corrected chi connectivity index (χ3v) is 2.49. The predicted octanol–water partition coefficient (Wildman–Crippen LogP) is 1.77. The Morgan fingerprint density at radius 2 is 1.93 bits per heavy atom. The van der Waals surface area contributed by atoms with E-state index in [9.17, 15) is 0 Å². The fourth-order valence-electron chi connectivity index (χ4n) is 1.74. The van der Waals surface area contributed by atoms with Crippen molar-refractivity contribution in [1.29, 1.82) is 0 Å². The molecular weight excluding hydrogens is 178 g/mol. The van der Waals surface area contributed by atoms with Crippen molar-refractivity contribution in [2.24, 2.45) is 0 Å². The number of rotatable bonds is 2. The standard InChI is InChI=1S/C10H15N3O/c11-9-6-13-10(7-12-9)14-8-4-2-1-3-5-8/h6-8H,1-5H2,(H2,11,12). The van der Waals surface area contributed by atoms with Crippen LogP contribution in [0.1, 0.15) is 32.1 Å². The van der Waals surface area contributed by atoms with Gasteiger partial charge in [0.15, 0.2) is 0 Å². The van der Waals surface area contributed by atoms with Crippen LogP contribution >= 0.6 is 0 Å². The number of hydrogen-bond acceptors (Lipinski definition) is 4. The average Bonchev–Trinajstić information content (AvgIpc) is 2.23. The largest absolute Gasteiger partial charge is 0.473 e. The van der Waals surface area contributed by atoms with Gasteiger partial charge in [-0.3, -0.25) is 0 Å². The second kappa shape index (κ2) is 4.26. The Balaban J connectivity index is 1.92. The second-order valence-electron chi connectivity index (χ2n) is 3.66. The van der Waals surface area contributed by atoms with Gasteiger partial charge in [-0.05, 0) is 25.7 Å². The molecule has 0 bridgehead atoms. The van der Waals surface area contributed by atoms with Crippen molar-refractivity contribution >= 4 is 5.82 Å². The van der Waals surface area contributed by atoms with Gasteiger partial charge < -0.3 is 10.5 Å². The first kappa shape index (κ1) is 9.24. The van der Waals surface area contributed by atoms with Gasteiger partial charge in [-0.2, -0.15) is 0 Å². The molecular formula is C10H15N3O. The number of ether oxygens (including phenoxy) is 1. The highest BCUT2D eigenvalue weighted by Gasteiger charge is 2.15. The van der Waals surface area contributed by atoms with Gasteiger partial charge >= 0.3 is 0 Å². The highest BCUT2D eigenvalue weighted by atomic mass is 16.5. The lowest BCUT2D eigenvalue weighted by Crippen LogP contribution is -2.20. The van der Waals surface area contributed by atoms with Crippen LogP contribution in [0.4, 0.5) is 5.82 Å². The van der Waals surface area contributed by atoms with Crippen molar-refractivity contribution in [3.8, 4) is 5.88 Å². The van der Waals surface area contributed by atoms with Gasteiger partial charge in [0, 0.05) is 0 Å². The fraction of sp³-hybridized carbons (Fsp3) is 0.600. The van der Waals surface area contributed by atoms with Crippen LogP contribution in [0, 0.1) is 0 Å². The lowest BCUT2D eigenvalue weighted by atomic mass is 9.98. The minimum absolute atomic E-state index is 0.321. The Labute approximate surface area is 83.5 Å². The molecule has 4 nitrogen and oxygen atoms in total. The zero-order chi connectivity index (χ0) is 9.80. The molecule has 0 amide bonds. The molecule has 1 heterocycles. The van der Waals surface area contributed by atoms with Crippen LogP contribution in [0.25, 0.3) is 0 Å². The van der Waals surface area contributed by atoms with Crippen LogP contribution in [0.5, 0.6) is 5.88 Å². The maximum absolute atomic E-state index is 5.68. The van der Waals surface area contributed by atoms with Crippen molar-refractivity contribution in [2.75, 3.05) is 5.73 Å². The van der Waals surface area contributed by atoms with E-state index >= 15 is 0 Å². The third kappa shape index (κ3) is 2.34. The van der Waals surface area contributed by atoms with E-state index in [1.54, 1.807) is 6.20 Å². The molecule has 0 aromatic carbocycles. The summed E-state index contributed by atoms with van der Waals surface area (Å²) in [5.74, 6) is 1.02. The summed E-state index contributed by atoms with van der Waals surface area (Å²) in [4.78, 5) is 8.00. The molecule has 0 aliphatic heterocycles. The number of nitrogens with zero attached hydrogens (tertiary/aromatic N) is 2. The Morgan fingerprint density at radius 1 is 1.14 bits per heavy atom. The van der Waals surface area contributed by atoms with E-state index < -0.39 is 0 Å². The maximum atomic E-state index is 5.68. The second-order valence-corrected chi connectivity index (χ2v) is 3.66. The molecule has 0 spiro atoms. The van der Waals surface area contributed by atoms with Crippen molar-refractivity contribution in [2.45, 2.75) is 38.2 Å². The van der Waals surface area contributed by atoms with E-state index in [1.807, 2.05) is 0 Å². The first-order valence-electron chi connectivity index (χ1n) is 5.09. The van der Waals surface area contributed by atoms with Crippen LogP contribution in [0.15, 0.2) is 12.4 Å². The van der Waals surface area contributed by atoms with Gasteiger partial charge in [0.1, 0.15) is 11.9 Å². The first-order valence-corrected chi connectivity index (χ1v) is 5.09. The molecule has 1 aliphatic rings. The number of hydrogen-bond donors (Lipinski definition) is 1. The van der Waals surface area contributed by atoms with E-state index in [0.717, 1.165) is 12.8 Å². The topological polar surface area (TPSA) is 61.0 Å². The zero-order valence-corrected chi connectivity index (χ0v) is 8.15. The molecule has 2 N–H and O–H groups in total. The van der Waals surface area contributed by atoms with Crippen LogP contribution in [-0.2, 0) is 0 Å². The molecule has 0 radical (unpaired) electrons. The average molecular weight is 193 g/mol. The van der Waals surface area contributed by atoms with Crippen molar-refractivity contribution < 1.29 is 4.74 Å². The summed E-state index contributed by atoms with van der Waals surface area (Å²) in [5, 5.41) is 0. The van der Waals surface area contributed by atoms with Crippen LogP contribution < -0.4 is 10.5 Å². The van der Waals surface area contributed by atoms with Gasteiger partial charge in [0.25, 0.3) is 0 Å². The minimum atomic E-state index is 0.321. The minimum Gasteiger partial charge on any atom is -0.473 e. The third-order valence-electron chi connectivity index (χ3n) is 2.49. The predicted molar refractivity (Wildman–Crippen MR) is 53.9 cm³/mol. The molecule has 1 aliphatic carbocycles. The number of anilines is 1. The van der Waals surface area contributed by atoms with Crippen LogP contribution in [-0.4, -0.2) is 16.1 Å². The SMILES string of the molecule is Nc1cnc(OC2CCCCC2)cn1. The van der Waals surface area contributed by atoms with Crippen LogP contribution in [0.2, 0.25) is 0 Å². The summed E-state index contributed by atoms with van der Waals surface area (Å²) in [6.45, 7) is 0. The number of aromatic nitrogens is 2. The number of nitrogen functional groups attached to an aromatic ring is 1. The highest BCUT2D eigenvalue weighted by Crippen LogP contribution is 2.21. The summed E-state index contributed by atoms with van der Waals surface area (Å²) in [6, 6.07) is 0. The Morgan fingerprint density at radius 3 is 2.57 bits per heavy atom. The van der Waals surface area contributed by atoms with Gasteiger partial charge in [-0.1, -0.05) is 6.42 Å². The summed E-state index contributed by atoms with van der Waals surface area (Å²) in [6.07, 6.45) is 9.54. The van der Waals surface area contributed by atoms with E-state index in [-0.39, 0.29) is 0 Å². The molecule has 2 rings (SSSR count). The summed E-state index contributed by atoms with van der Waals surface area (Å²) in [5.41, 5.74) is 5.43. The molecule has 1 fully saturated rings. The summed E-state index contributed by atoms with van der Waals surface area (Å²) in [7, 11) is 0. The van der Waals surface area contributed by atoms with Crippen molar-refractivity contribution in [3.05, 3.63) is 12.4 Å². The van der Waals surface area contributed by atoms with Gasteiger partial charge in [-0.15, -0.1) is 0 Å². The molecule has 1 saturated carbocycles. The summed E-state index contributed by atoms with van der Waals surface area (Å²) < 4.78 is 5.68. The zero-order valence-electron chi connectivity index (χ0n) is 8.15. The maximum Gasteiger partial charge on any atom is 0.232 e. The molecule has 76 valence electrons. The van der Waals surface area contributed by atoms with E-state index in [2.05, 4.69) is 9.97 Å². The molecule has 0 atom stereocenters. The molecule has 0 unspecified atom stereocenters. The fourth-order valence-corrected chi connectivity index (χ4v) is 1.74. The molecule has 1 aromatic rings. The Kier molecular flexibility index (Phi) is 2.81. The lowest BCUT2D eigenvalue weighted by molar-refractivity contribution is 0.148. The van der Waals surface area contributed by atoms with Crippen LogP contribution in [0.3, 0.4) is 0 Å². The van der Waals surface area contributed by atoms with Crippen molar-refractivity contribution in [3.63, 3.8) is 0 Å². The van der Waals surface area contributed by atoms with Gasteiger partial charge in [0.2, 0.25) is 5.88 Å². The smallest absolute Gasteiger partial charge is 0.232 e. The number of nitrogens with two attached hydrogens (primary N) is 1. The highest BCUT2D eigenvalue weighted by molar-refractivity contribution is 5.24. The molecule has 14 heavy (non-hydrogen) atoms. The Hall–Kier alpha value is -1.32. The molecule has 4 heteroatoms. The monoisotopic (exact) mass is 193 g/mol. The van der Waals surface area contributed by atoms with Gasteiger partial charge in [-0.25, -0.2) is 9.97 Å². The van der Waals surface area contributed by atoms with E-state index in [0.29, 0.717) is 17.8 Å². The van der Waals surface area contributed by atoms with E-state index in [4.69, 9.17) is 10.5 Å². The van der Waals surface area contributed by atoms with Crippen molar-refractivity contribution in [1.82, 2.24) is 9.97 Å². The Bertz CT molecular complexity index is 280. The quantitative estimate of drug-likeness (QED) is 0.777. The normalized spacial score (nSPS) is 18.0. The lowest BCUT2D eigenvalue weighted by Gasteiger charge is -2.21. The van der Waals surface area contributed by atoms with E-state index in [1.165, 1.54) is 25.5 Å². The first-order chi connectivity index (χ1) is 6.84.